The Labute approximate surface area is 208 Å². The summed E-state index contributed by atoms with van der Waals surface area (Å²) in [6.07, 6.45) is 1.31. The van der Waals surface area contributed by atoms with Gasteiger partial charge in [0.1, 0.15) is 11.6 Å². The number of hydrogen-bond acceptors (Lipinski definition) is 3. The molecule has 1 N–H and O–H groups in total. The van der Waals surface area contributed by atoms with Gasteiger partial charge < -0.3 is 19.5 Å². The second kappa shape index (κ2) is 10.6. The number of nitrogens with zero attached hydrogens (tertiary/aromatic N) is 2. The van der Waals surface area contributed by atoms with Gasteiger partial charge in [0.05, 0.1) is 11.2 Å². The van der Waals surface area contributed by atoms with E-state index in [0.29, 0.717) is 31.1 Å². The molecule has 0 atom stereocenters. The molecule has 6 nitrogen and oxygen atoms in total. The summed E-state index contributed by atoms with van der Waals surface area (Å²) in [4.78, 5) is 27.1. The van der Waals surface area contributed by atoms with Crippen LogP contribution in [0, 0.1) is 18.6 Å². The minimum Gasteiger partial charge on any atom is -0.408 e. The van der Waals surface area contributed by atoms with Crippen molar-refractivity contribution in [3.8, 4) is 5.75 Å². The molecule has 3 aromatic carbocycles. The van der Waals surface area contributed by atoms with Crippen LogP contribution in [-0.2, 0) is 6.54 Å². The van der Waals surface area contributed by atoms with E-state index in [0.717, 1.165) is 28.8 Å². The first-order valence-corrected chi connectivity index (χ1v) is 11.7. The minimum atomic E-state index is -0.865. The van der Waals surface area contributed by atoms with Crippen LogP contribution in [0.1, 0.15) is 35.3 Å². The maximum absolute atomic E-state index is 13.7. The van der Waals surface area contributed by atoms with E-state index in [1.165, 1.54) is 4.90 Å². The molecule has 0 fully saturated rings. The second-order valence-electron chi connectivity index (χ2n) is 8.45. The fraction of sp³-hybridized carbons (Fsp3) is 0.214. The molecule has 1 aromatic heterocycles. The summed E-state index contributed by atoms with van der Waals surface area (Å²) >= 11 is 0. The van der Waals surface area contributed by atoms with Crippen molar-refractivity contribution in [3.63, 3.8) is 0 Å². The number of nitrogens with one attached hydrogen (secondary N) is 1. The summed E-state index contributed by atoms with van der Waals surface area (Å²) in [5, 5.41) is 3.33. The topological polar surface area (TPSA) is 63.6 Å². The molecule has 186 valence electrons. The van der Waals surface area contributed by atoms with Crippen molar-refractivity contribution in [2.45, 2.75) is 27.3 Å². The van der Waals surface area contributed by atoms with Crippen molar-refractivity contribution >= 4 is 28.6 Å². The molecule has 2 amide bonds. The lowest BCUT2D eigenvalue weighted by Gasteiger charge is -2.20. The molecule has 4 rings (SSSR count). The average molecular weight is 492 g/mol. The highest BCUT2D eigenvalue weighted by Crippen LogP contribution is 2.35. The molecule has 1 heterocycles. The van der Waals surface area contributed by atoms with Gasteiger partial charge in [0.15, 0.2) is 5.75 Å². The second-order valence-corrected chi connectivity index (χ2v) is 8.45. The highest BCUT2D eigenvalue weighted by Gasteiger charge is 2.20. The van der Waals surface area contributed by atoms with Gasteiger partial charge in [-0.1, -0.05) is 29.8 Å². The number of halogens is 2. The number of carbonyl (C=O) groups is 2. The molecule has 0 aliphatic rings. The number of hydrogen-bond donors (Lipinski definition) is 1. The van der Waals surface area contributed by atoms with Crippen LogP contribution in [-0.4, -0.2) is 34.6 Å². The molecule has 0 unspecified atom stereocenters. The largest absolute Gasteiger partial charge is 0.415 e. The predicted molar refractivity (Wildman–Crippen MR) is 135 cm³/mol. The zero-order chi connectivity index (χ0) is 25.8. The molecule has 8 heteroatoms. The third-order valence-electron chi connectivity index (χ3n) is 5.97. The van der Waals surface area contributed by atoms with E-state index in [1.54, 1.807) is 12.1 Å². The number of aryl methyl sites for hydroxylation is 1. The van der Waals surface area contributed by atoms with Gasteiger partial charge >= 0.3 is 6.09 Å². The molecule has 0 radical (unpaired) electrons. The SMILES string of the molecule is CCN(CC)C(=O)Oc1ccc2c(ccn2Cc2ccc(C)cc2)c1NC(=O)c1cc(F)cc(F)c1. The van der Waals surface area contributed by atoms with Crippen molar-refractivity contribution in [1.29, 1.82) is 0 Å². The number of aromatic nitrogens is 1. The number of amides is 2. The Hall–Kier alpha value is -4.20. The fourth-order valence-corrected chi connectivity index (χ4v) is 4.01. The molecule has 4 aromatic rings. The lowest BCUT2D eigenvalue weighted by Crippen LogP contribution is -2.33. The standard InChI is InChI=1S/C28H27F2N3O3/c1-4-32(5-2)28(35)36-25-11-10-24-23(12-13-33(24)17-19-8-6-18(3)7-9-19)26(25)31-27(34)20-14-21(29)16-22(30)15-20/h6-16H,4-5,17H2,1-3H3,(H,31,34). The highest BCUT2D eigenvalue weighted by atomic mass is 19.1. The third kappa shape index (κ3) is 5.38. The van der Waals surface area contributed by atoms with Gasteiger partial charge in [-0.3, -0.25) is 4.79 Å². The molecular formula is C28H27F2N3O3. The van der Waals surface area contributed by atoms with Crippen LogP contribution in [0.15, 0.2) is 66.9 Å². The predicted octanol–water partition coefficient (Wildman–Crippen LogP) is 6.37. The molecule has 0 aliphatic carbocycles. The Morgan fingerprint density at radius 2 is 1.61 bits per heavy atom. The summed E-state index contributed by atoms with van der Waals surface area (Å²) in [6, 6.07) is 16.0. The van der Waals surface area contributed by atoms with Crippen LogP contribution in [0.25, 0.3) is 10.9 Å². The summed E-state index contributed by atoms with van der Waals surface area (Å²) in [5.74, 6) is -2.32. The number of benzene rings is 3. The van der Waals surface area contributed by atoms with Crippen molar-refractivity contribution in [2.24, 2.45) is 0 Å². The first-order chi connectivity index (χ1) is 17.3. The van der Waals surface area contributed by atoms with Crippen LogP contribution in [0.4, 0.5) is 19.3 Å². The summed E-state index contributed by atoms with van der Waals surface area (Å²) in [6.45, 7) is 7.18. The monoisotopic (exact) mass is 491 g/mol. The average Bonchev–Trinajstić information content (AvgIpc) is 3.25. The Bertz CT molecular complexity index is 1390. The van der Waals surface area contributed by atoms with Crippen molar-refractivity contribution < 1.29 is 23.1 Å². The lowest BCUT2D eigenvalue weighted by atomic mass is 10.1. The molecule has 0 spiro atoms. The number of rotatable bonds is 7. The van der Waals surface area contributed by atoms with Gasteiger partial charge in [-0.05, 0) is 56.7 Å². The molecule has 0 saturated carbocycles. The van der Waals surface area contributed by atoms with Crippen LogP contribution in [0.3, 0.4) is 0 Å². The number of carbonyl (C=O) groups excluding carboxylic acids is 2. The third-order valence-corrected chi connectivity index (χ3v) is 5.97. The summed E-state index contributed by atoms with van der Waals surface area (Å²) < 4.78 is 35.1. The normalized spacial score (nSPS) is 10.9. The maximum Gasteiger partial charge on any atom is 0.415 e. The zero-order valence-corrected chi connectivity index (χ0v) is 20.3. The maximum atomic E-state index is 13.7. The van der Waals surface area contributed by atoms with Gasteiger partial charge in [-0.15, -0.1) is 0 Å². The fourth-order valence-electron chi connectivity index (χ4n) is 4.01. The van der Waals surface area contributed by atoms with Gasteiger partial charge in [-0.25, -0.2) is 13.6 Å². The van der Waals surface area contributed by atoms with Crippen molar-refractivity contribution in [3.05, 3.63) is 95.2 Å². The van der Waals surface area contributed by atoms with Crippen LogP contribution >= 0.6 is 0 Å². The van der Waals surface area contributed by atoms with Gasteiger partial charge in [0.25, 0.3) is 5.91 Å². The first-order valence-electron chi connectivity index (χ1n) is 11.7. The van der Waals surface area contributed by atoms with E-state index in [1.807, 2.05) is 61.9 Å². The van der Waals surface area contributed by atoms with Crippen LogP contribution < -0.4 is 10.1 Å². The smallest absolute Gasteiger partial charge is 0.408 e. The Morgan fingerprint density at radius 1 is 0.944 bits per heavy atom. The van der Waals surface area contributed by atoms with Gasteiger partial charge in [0, 0.05) is 42.8 Å². The Kier molecular flexibility index (Phi) is 7.33. The van der Waals surface area contributed by atoms with Gasteiger partial charge in [0.2, 0.25) is 0 Å². The summed E-state index contributed by atoms with van der Waals surface area (Å²) in [7, 11) is 0. The molecule has 0 aliphatic heterocycles. The number of anilines is 1. The van der Waals surface area contributed by atoms with Crippen LogP contribution in [0.2, 0.25) is 0 Å². The minimum absolute atomic E-state index is 0.137. The van der Waals surface area contributed by atoms with E-state index in [4.69, 9.17) is 4.74 Å². The number of fused-ring (bicyclic) bond motifs is 1. The Balaban J connectivity index is 1.74. The van der Waals surface area contributed by atoms with Crippen molar-refractivity contribution in [1.82, 2.24) is 9.47 Å². The highest BCUT2D eigenvalue weighted by molar-refractivity contribution is 6.10. The van der Waals surface area contributed by atoms with Crippen molar-refractivity contribution in [2.75, 3.05) is 18.4 Å². The van der Waals surface area contributed by atoms with E-state index >= 15 is 0 Å². The lowest BCUT2D eigenvalue weighted by molar-refractivity contribution is 0.102. The first kappa shape index (κ1) is 24.9. The number of ether oxygens (including phenoxy) is 1. The van der Waals surface area contributed by atoms with Gasteiger partial charge in [-0.2, -0.15) is 0 Å². The molecule has 0 bridgehead atoms. The summed E-state index contributed by atoms with van der Waals surface area (Å²) in [5.41, 5.74) is 3.10. The molecule has 36 heavy (non-hydrogen) atoms. The molecule has 0 saturated heterocycles. The van der Waals surface area contributed by atoms with E-state index < -0.39 is 23.6 Å². The molecular weight excluding hydrogens is 464 g/mol. The van der Waals surface area contributed by atoms with E-state index in [-0.39, 0.29) is 17.0 Å². The quantitative estimate of drug-likeness (QED) is 0.327. The zero-order valence-electron chi connectivity index (χ0n) is 20.3. The van der Waals surface area contributed by atoms with Crippen LogP contribution in [0.5, 0.6) is 5.75 Å². The van der Waals surface area contributed by atoms with E-state index in [2.05, 4.69) is 5.32 Å². The van der Waals surface area contributed by atoms with E-state index in [9.17, 15) is 18.4 Å². The Morgan fingerprint density at radius 3 is 2.25 bits per heavy atom.